The van der Waals surface area contributed by atoms with E-state index in [2.05, 4.69) is 35.9 Å². The molecule has 0 aliphatic rings. The molecule has 92 valence electrons. The van der Waals surface area contributed by atoms with E-state index in [1.807, 2.05) is 11.7 Å². The number of hydrogen-bond acceptors (Lipinski definition) is 4. The first-order chi connectivity index (χ1) is 7.86. The van der Waals surface area contributed by atoms with Gasteiger partial charge in [-0.05, 0) is 31.6 Å². The van der Waals surface area contributed by atoms with Crippen LogP contribution in [0.25, 0.3) is 0 Å². The highest BCUT2D eigenvalue weighted by Gasteiger charge is 2.09. The molecule has 0 saturated heterocycles. The smallest absolute Gasteiger partial charge is 0.0794 e. The Morgan fingerprint density at radius 2 is 2.31 bits per heavy atom. The average Bonchev–Trinajstić information content (AvgIpc) is 2.78. The first kappa shape index (κ1) is 14.0. The van der Waals surface area contributed by atoms with Crippen molar-refractivity contribution in [3.8, 4) is 0 Å². The summed E-state index contributed by atoms with van der Waals surface area (Å²) < 4.78 is 0. The van der Waals surface area contributed by atoms with E-state index in [0.717, 1.165) is 13.0 Å². The van der Waals surface area contributed by atoms with Crippen molar-refractivity contribution in [3.63, 3.8) is 0 Å². The standard InChI is InChI=1S/C12H22N2S2/c1-3-5-14-11(9-15-6-4-2)7-12-8-13-10-16-12/h8,10-11,14H,3-7,9H2,1-2H3. The third kappa shape index (κ3) is 5.87. The molecule has 2 nitrogen and oxygen atoms in total. The Bertz CT molecular complexity index is 250. The minimum atomic E-state index is 0.608. The molecule has 16 heavy (non-hydrogen) atoms. The minimum Gasteiger partial charge on any atom is -0.313 e. The van der Waals surface area contributed by atoms with Crippen molar-refractivity contribution < 1.29 is 0 Å². The summed E-state index contributed by atoms with van der Waals surface area (Å²) >= 11 is 3.82. The number of nitrogens with one attached hydrogen (secondary N) is 1. The molecule has 1 rings (SSSR count). The molecule has 1 aromatic heterocycles. The molecule has 0 fully saturated rings. The Labute approximate surface area is 107 Å². The first-order valence-electron chi connectivity index (χ1n) is 6.05. The maximum absolute atomic E-state index is 4.14. The van der Waals surface area contributed by atoms with E-state index in [9.17, 15) is 0 Å². The van der Waals surface area contributed by atoms with E-state index in [0.29, 0.717) is 6.04 Å². The van der Waals surface area contributed by atoms with Gasteiger partial charge >= 0.3 is 0 Å². The van der Waals surface area contributed by atoms with Crippen molar-refractivity contribution in [2.75, 3.05) is 18.1 Å². The highest BCUT2D eigenvalue weighted by molar-refractivity contribution is 7.99. The number of thioether (sulfide) groups is 1. The van der Waals surface area contributed by atoms with E-state index in [-0.39, 0.29) is 0 Å². The van der Waals surface area contributed by atoms with Gasteiger partial charge in [0, 0.05) is 22.9 Å². The maximum Gasteiger partial charge on any atom is 0.0794 e. The van der Waals surface area contributed by atoms with Crippen LogP contribution in [0.15, 0.2) is 11.7 Å². The van der Waals surface area contributed by atoms with Gasteiger partial charge < -0.3 is 5.32 Å². The average molecular weight is 258 g/mol. The molecule has 0 amide bonds. The summed E-state index contributed by atoms with van der Waals surface area (Å²) in [4.78, 5) is 5.53. The predicted octanol–water partition coefficient (Wildman–Crippen LogP) is 3.20. The Hall–Kier alpha value is -0.0600. The molecule has 0 aliphatic heterocycles. The van der Waals surface area contributed by atoms with E-state index in [1.165, 1.54) is 29.2 Å². The Kier molecular flexibility index (Phi) is 7.89. The number of hydrogen-bond donors (Lipinski definition) is 1. The van der Waals surface area contributed by atoms with Crippen LogP contribution in [0.3, 0.4) is 0 Å². The first-order valence-corrected chi connectivity index (χ1v) is 8.08. The zero-order chi connectivity index (χ0) is 11.6. The second kappa shape index (κ2) is 9.02. The second-order valence-electron chi connectivity index (χ2n) is 3.90. The summed E-state index contributed by atoms with van der Waals surface area (Å²) in [5.74, 6) is 2.48. The van der Waals surface area contributed by atoms with Gasteiger partial charge in [0.1, 0.15) is 0 Å². The van der Waals surface area contributed by atoms with E-state index < -0.39 is 0 Å². The summed E-state index contributed by atoms with van der Waals surface area (Å²) in [5.41, 5.74) is 1.92. The highest BCUT2D eigenvalue weighted by Crippen LogP contribution is 2.13. The fraction of sp³-hybridized carbons (Fsp3) is 0.750. The quantitative estimate of drug-likeness (QED) is 0.689. The van der Waals surface area contributed by atoms with Gasteiger partial charge in [-0.3, -0.25) is 4.98 Å². The summed E-state index contributed by atoms with van der Waals surface area (Å²) in [7, 11) is 0. The molecule has 0 bridgehead atoms. The van der Waals surface area contributed by atoms with E-state index in [1.54, 1.807) is 11.3 Å². The summed E-state index contributed by atoms with van der Waals surface area (Å²) in [5, 5.41) is 3.62. The molecule has 0 saturated carbocycles. The van der Waals surface area contributed by atoms with Crippen LogP contribution >= 0.6 is 23.1 Å². The largest absolute Gasteiger partial charge is 0.313 e. The Morgan fingerprint density at radius 3 is 2.94 bits per heavy atom. The molecular formula is C12H22N2S2. The predicted molar refractivity (Wildman–Crippen MR) is 75.5 cm³/mol. The summed E-state index contributed by atoms with van der Waals surface area (Å²) in [6.45, 7) is 5.58. The third-order valence-corrected chi connectivity index (χ3v) is 4.42. The van der Waals surface area contributed by atoms with Crippen LogP contribution in [0.1, 0.15) is 31.6 Å². The van der Waals surface area contributed by atoms with Crippen LogP contribution < -0.4 is 5.32 Å². The second-order valence-corrected chi connectivity index (χ2v) is 6.02. The number of aromatic nitrogens is 1. The molecule has 1 heterocycles. The number of thiazole rings is 1. The molecule has 1 unspecified atom stereocenters. The Balaban J connectivity index is 2.31. The van der Waals surface area contributed by atoms with Crippen molar-refractivity contribution in [2.24, 2.45) is 0 Å². The van der Waals surface area contributed by atoms with Crippen molar-refractivity contribution in [1.82, 2.24) is 10.3 Å². The third-order valence-electron chi connectivity index (χ3n) is 2.28. The van der Waals surface area contributed by atoms with Crippen LogP contribution in [0, 0.1) is 0 Å². The van der Waals surface area contributed by atoms with Crippen molar-refractivity contribution >= 4 is 23.1 Å². The molecule has 1 aromatic rings. The lowest BCUT2D eigenvalue weighted by atomic mass is 10.2. The van der Waals surface area contributed by atoms with Crippen molar-refractivity contribution in [3.05, 3.63) is 16.6 Å². The molecule has 0 aliphatic carbocycles. The van der Waals surface area contributed by atoms with Crippen molar-refractivity contribution in [1.29, 1.82) is 0 Å². The van der Waals surface area contributed by atoms with Gasteiger partial charge in [-0.1, -0.05) is 13.8 Å². The van der Waals surface area contributed by atoms with Gasteiger partial charge in [0.05, 0.1) is 5.51 Å². The van der Waals surface area contributed by atoms with Gasteiger partial charge in [-0.2, -0.15) is 11.8 Å². The number of rotatable bonds is 9. The molecule has 1 atom stereocenters. The lowest BCUT2D eigenvalue weighted by Gasteiger charge is -2.17. The SMILES string of the molecule is CCCNC(CSCCC)Cc1cncs1. The molecule has 0 spiro atoms. The fourth-order valence-corrected chi connectivity index (χ4v) is 3.15. The number of nitrogens with zero attached hydrogens (tertiary/aromatic N) is 1. The molecule has 1 N–H and O–H groups in total. The Morgan fingerprint density at radius 1 is 1.44 bits per heavy atom. The lowest BCUT2D eigenvalue weighted by Crippen LogP contribution is -2.33. The van der Waals surface area contributed by atoms with E-state index >= 15 is 0 Å². The summed E-state index contributed by atoms with van der Waals surface area (Å²) in [6, 6.07) is 0.608. The lowest BCUT2D eigenvalue weighted by molar-refractivity contribution is 0.553. The van der Waals surface area contributed by atoms with Gasteiger partial charge in [-0.15, -0.1) is 11.3 Å². The topological polar surface area (TPSA) is 24.9 Å². The molecular weight excluding hydrogens is 236 g/mol. The maximum atomic E-state index is 4.14. The van der Waals surface area contributed by atoms with Gasteiger partial charge in [0.15, 0.2) is 0 Å². The molecule has 0 radical (unpaired) electrons. The van der Waals surface area contributed by atoms with Crippen LogP contribution in [-0.4, -0.2) is 29.1 Å². The van der Waals surface area contributed by atoms with Crippen LogP contribution in [0.2, 0.25) is 0 Å². The highest BCUT2D eigenvalue weighted by atomic mass is 32.2. The summed E-state index contributed by atoms with van der Waals surface area (Å²) in [6.07, 6.45) is 5.60. The molecule has 4 heteroatoms. The van der Waals surface area contributed by atoms with Crippen LogP contribution in [0.4, 0.5) is 0 Å². The molecule has 0 aromatic carbocycles. The minimum absolute atomic E-state index is 0.608. The van der Waals surface area contributed by atoms with Crippen LogP contribution in [-0.2, 0) is 6.42 Å². The van der Waals surface area contributed by atoms with Gasteiger partial charge in [-0.25, -0.2) is 0 Å². The normalized spacial score (nSPS) is 12.9. The van der Waals surface area contributed by atoms with Crippen molar-refractivity contribution in [2.45, 2.75) is 39.2 Å². The zero-order valence-electron chi connectivity index (χ0n) is 10.2. The van der Waals surface area contributed by atoms with Gasteiger partial charge in [0.25, 0.3) is 0 Å². The van der Waals surface area contributed by atoms with Crippen LogP contribution in [0.5, 0.6) is 0 Å². The fourth-order valence-electron chi connectivity index (χ4n) is 1.49. The van der Waals surface area contributed by atoms with E-state index in [4.69, 9.17) is 0 Å². The zero-order valence-corrected chi connectivity index (χ0v) is 11.9. The monoisotopic (exact) mass is 258 g/mol. The van der Waals surface area contributed by atoms with Gasteiger partial charge in [0.2, 0.25) is 0 Å².